The average Bonchev–Trinajstić information content (AvgIpc) is 2.36. The monoisotopic (exact) mass is 232 g/mol. The van der Waals surface area contributed by atoms with Crippen LogP contribution in [0.25, 0.3) is 10.8 Å². The zero-order chi connectivity index (χ0) is 12.4. The maximum absolute atomic E-state index is 11.4. The molecule has 2 aromatic carbocycles. The van der Waals surface area contributed by atoms with Crippen LogP contribution in [0.5, 0.6) is 5.75 Å². The SMILES string of the molecule is COc1ccc2cc(C(=O)C(O)O)ccc2c1. The van der Waals surface area contributed by atoms with E-state index in [1.165, 1.54) is 0 Å². The lowest BCUT2D eigenvalue weighted by molar-refractivity contribution is -0.0195. The van der Waals surface area contributed by atoms with Gasteiger partial charge < -0.3 is 14.9 Å². The van der Waals surface area contributed by atoms with Gasteiger partial charge in [0.25, 0.3) is 0 Å². The molecule has 0 amide bonds. The predicted octanol–water partition coefficient (Wildman–Crippen LogP) is 1.34. The van der Waals surface area contributed by atoms with Crippen LogP contribution in [0.3, 0.4) is 0 Å². The van der Waals surface area contributed by atoms with Crippen LogP contribution in [-0.4, -0.2) is 29.4 Å². The quantitative estimate of drug-likeness (QED) is 0.619. The van der Waals surface area contributed by atoms with Crippen LogP contribution in [-0.2, 0) is 0 Å². The van der Waals surface area contributed by atoms with Crippen molar-refractivity contribution in [1.82, 2.24) is 0 Å². The van der Waals surface area contributed by atoms with E-state index in [0.29, 0.717) is 0 Å². The molecule has 0 saturated carbocycles. The first-order valence-electron chi connectivity index (χ1n) is 5.10. The van der Waals surface area contributed by atoms with Crippen LogP contribution in [0, 0.1) is 0 Å². The van der Waals surface area contributed by atoms with Crippen molar-refractivity contribution < 1.29 is 19.7 Å². The van der Waals surface area contributed by atoms with Crippen molar-refractivity contribution in [3.05, 3.63) is 42.0 Å². The van der Waals surface area contributed by atoms with E-state index in [-0.39, 0.29) is 5.56 Å². The largest absolute Gasteiger partial charge is 0.497 e. The van der Waals surface area contributed by atoms with Crippen molar-refractivity contribution in [2.75, 3.05) is 7.11 Å². The number of carbonyl (C=O) groups excluding carboxylic acids is 1. The smallest absolute Gasteiger partial charge is 0.218 e. The summed E-state index contributed by atoms with van der Waals surface area (Å²) in [6, 6.07) is 10.4. The Balaban J connectivity index is 2.48. The minimum atomic E-state index is -1.97. The second kappa shape index (κ2) is 4.53. The summed E-state index contributed by atoms with van der Waals surface area (Å²) < 4.78 is 5.09. The number of ketones is 1. The maximum Gasteiger partial charge on any atom is 0.218 e. The summed E-state index contributed by atoms with van der Waals surface area (Å²) in [4.78, 5) is 11.4. The van der Waals surface area contributed by atoms with Gasteiger partial charge in [-0.15, -0.1) is 0 Å². The molecule has 0 spiro atoms. The van der Waals surface area contributed by atoms with E-state index in [9.17, 15) is 4.79 Å². The Morgan fingerprint density at radius 1 is 1.12 bits per heavy atom. The highest BCUT2D eigenvalue weighted by atomic mass is 16.5. The third kappa shape index (κ3) is 2.27. The van der Waals surface area contributed by atoms with E-state index >= 15 is 0 Å². The summed E-state index contributed by atoms with van der Waals surface area (Å²) in [5, 5.41) is 19.4. The van der Waals surface area contributed by atoms with Gasteiger partial charge in [0, 0.05) is 5.56 Å². The van der Waals surface area contributed by atoms with Gasteiger partial charge in [-0.2, -0.15) is 0 Å². The zero-order valence-electron chi connectivity index (χ0n) is 9.25. The van der Waals surface area contributed by atoms with E-state index in [2.05, 4.69) is 0 Å². The summed E-state index contributed by atoms with van der Waals surface area (Å²) in [6.45, 7) is 0. The minimum Gasteiger partial charge on any atom is -0.497 e. The number of hydrogen-bond donors (Lipinski definition) is 2. The molecule has 0 unspecified atom stereocenters. The highest BCUT2D eigenvalue weighted by Crippen LogP contribution is 2.22. The number of ether oxygens (including phenoxy) is 1. The van der Waals surface area contributed by atoms with Gasteiger partial charge in [-0.1, -0.05) is 18.2 Å². The van der Waals surface area contributed by atoms with Crippen LogP contribution in [0.15, 0.2) is 36.4 Å². The molecule has 17 heavy (non-hydrogen) atoms. The molecule has 0 aromatic heterocycles. The van der Waals surface area contributed by atoms with E-state index in [1.807, 2.05) is 12.1 Å². The molecule has 0 bridgehead atoms. The Morgan fingerprint density at radius 2 is 1.76 bits per heavy atom. The van der Waals surface area contributed by atoms with Crippen LogP contribution >= 0.6 is 0 Å². The molecule has 0 fully saturated rings. The van der Waals surface area contributed by atoms with Gasteiger partial charge in [-0.05, 0) is 29.0 Å². The lowest BCUT2D eigenvalue weighted by atomic mass is 10.0. The summed E-state index contributed by atoms with van der Waals surface area (Å²) >= 11 is 0. The molecule has 0 saturated heterocycles. The molecule has 4 nitrogen and oxygen atoms in total. The number of fused-ring (bicyclic) bond motifs is 1. The molecule has 2 rings (SSSR count). The summed E-state index contributed by atoms with van der Waals surface area (Å²) in [5.41, 5.74) is 0.276. The number of aliphatic hydroxyl groups is 2. The summed E-state index contributed by atoms with van der Waals surface area (Å²) in [5.74, 6) is 0.0292. The zero-order valence-corrected chi connectivity index (χ0v) is 9.25. The number of aliphatic hydroxyl groups excluding tert-OH is 1. The molecular weight excluding hydrogens is 220 g/mol. The average molecular weight is 232 g/mol. The molecule has 2 aromatic rings. The molecule has 4 heteroatoms. The van der Waals surface area contributed by atoms with Gasteiger partial charge in [0.05, 0.1) is 7.11 Å². The number of hydrogen-bond acceptors (Lipinski definition) is 4. The van der Waals surface area contributed by atoms with Crippen LogP contribution in [0.4, 0.5) is 0 Å². The van der Waals surface area contributed by atoms with Gasteiger partial charge in [-0.3, -0.25) is 4.79 Å². The molecule has 2 N–H and O–H groups in total. The number of Topliss-reactive ketones (excluding diaryl/α,β-unsaturated/α-hetero) is 1. The van der Waals surface area contributed by atoms with E-state index in [0.717, 1.165) is 16.5 Å². The number of carbonyl (C=O) groups is 1. The Kier molecular flexibility index (Phi) is 3.08. The fourth-order valence-corrected chi connectivity index (χ4v) is 1.65. The highest BCUT2D eigenvalue weighted by Gasteiger charge is 2.13. The molecule has 88 valence electrons. The maximum atomic E-state index is 11.4. The Labute approximate surface area is 98.1 Å². The second-order valence-corrected chi connectivity index (χ2v) is 3.67. The molecule has 0 aliphatic carbocycles. The highest BCUT2D eigenvalue weighted by molar-refractivity contribution is 6.01. The Hall–Kier alpha value is -1.91. The van der Waals surface area contributed by atoms with E-state index < -0.39 is 12.1 Å². The van der Waals surface area contributed by atoms with Crippen LogP contribution in [0.1, 0.15) is 10.4 Å². The first-order valence-corrected chi connectivity index (χ1v) is 5.10. The lowest BCUT2D eigenvalue weighted by Gasteiger charge is -2.06. The van der Waals surface area contributed by atoms with Crippen molar-refractivity contribution in [2.24, 2.45) is 0 Å². The first kappa shape index (κ1) is 11.6. The normalized spacial score (nSPS) is 10.8. The second-order valence-electron chi connectivity index (χ2n) is 3.67. The number of rotatable bonds is 3. The molecule has 0 atom stereocenters. The predicted molar refractivity (Wildman–Crippen MR) is 63.1 cm³/mol. The molecule has 0 aliphatic rings. The van der Waals surface area contributed by atoms with Gasteiger partial charge in [0.2, 0.25) is 12.1 Å². The fourth-order valence-electron chi connectivity index (χ4n) is 1.65. The van der Waals surface area contributed by atoms with Gasteiger partial charge in [-0.25, -0.2) is 0 Å². The first-order chi connectivity index (χ1) is 8.11. The van der Waals surface area contributed by atoms with Crippen molar-refractivity contribution >= 4 is 16.6 Å². The molecule has 0 aliphatic heterocycles. The standard InChI is InChI=1S/C13H12O4/c1-17-11-5-4-8-6-10(12(14)13(15)16)3-2-9(8)7-11/h2-7,13,15-16H,1H3. The van der Waals surface area contributed by atoms with Crippen molar-refractivity contribution in [1.29, 1.82) is 0 Å². The van der Waals surface area contributed by atoms with E-state index in [4.69, 9.17) is 14.9 Å². The van der Waals surface area contributed by atoms with Crippen LogP contribution < -0.4 is 4.74 Å². The fraction of sp³-hybridized carbons (Fsp3) is 0.154. The summed E-state index contributed by atoms with van der Waals surface area (Å²) in [6.07, 6.45) is -1.97. The van der Waals surface area contributed by atoms with Crippen LogP contribution in [0.2, 0.25) is 0 Å². The van der Waals surface area contributed by atoms with E-state index in [1.54, 1.807) is 31.4 Å². The molecular formula is C13H12O4. The number of benzene rings is 2. The van der Waals surface area contributed by atoms with Crippen molar-refractivity contribution in [3.8, 4) is 5.75 Å². The third-order valence-corrected chi connectivity index (χ3v) is 2.57. The lowest BCUT2D eigenvalue weighted by Crippen LogP contribution is -2.19. The van der Waals surface area contributed by atoms with Gasteiger partial charge in [0.1, 0.15) is 5.75 Å². The molecule has 0 heterocycles. The Morgan fingerprint density at radius 3 is 2.41 bits per heavy atom. The van der Waals surface area contributed by atoms with Gasteiger partial charge in [0.15, 0.2) is 0 Å². The minimum absolute atomic E-state index is 0.276. The third-order valence-electron chi connectivity index (χ3n) is 2.57. The summed E-state index contributed by atoms with van der Waals surface area (Å²) in [7, 11) is 1.58. The van der Waals surface area contributed by atoms with Crippen molar-refractivity contribution in [3.63, 3.8) is 0 Å². The van der Waals surface area contributed by atoms with Gasteiger partial charge >= 0.3 is 0 Å². The topological polar surface area (TPSA) is 66.8 Å². The number of methoxy groups -OCH3 is 1. The Bertz CT molecular complexity index is 560. The molecule has 0 radical (unpaired) electrons. The van der Waals surface area contributed by atoms with Crippen molar-refractivity contribution in [2.45, 2.75) is 6.29 Å².